The SMILES string of the molecule is Cc1nn(CC(C)C)c(C)c1CCC(=O)NC(C)CO. The van der Waals surface area contributed by atoms with Gasteiger partial charge in [-0.15, -0.1) is 0 Å². The fourth-order valence-corrected chi connectivity index (χ4v) is 2.25. The van der Waals surface area contributed by atoms with Crippen LogP contribution in [0.25, 0.3) is 0 Å². The van der Waals surface area contributed by atoms with Gasteiger partial charge in [0.05, 0.1) is 12.3 Å². The third-order valence-corrected chi connectivity index (χ3v) is 3.35. The molecule has 0 aromatic carbocycles. The molecule has 5 heteroatoms. The molecule has 114 valence electrons. The van der Waals surface area contributed by atoms with Gasteiger partial charge in [0.15, 0.2) is 0 Å². The molecule has 0 aliphatic carbocycles. The van der Waals surface area contributed by atoms with Gasteiger partial charge in [-0.25, -0.2) is 0 Å². The molecule has 2 N–H and O–H groups in total. The van der Waals surface area contributed by atoms with E-state index in [1.807, 2.05) is 11.6 Å². The number of amides is 1. The number of nitrogens with one attached hydrogen (secondary N) is 1. The number of aliphatic hydroxyl groups excluding tert-OH is 1. The number of rotatable bonds is 7. The number of nitrogens with zero attached hydrogens (tertiary/aromatic N) is 2. The summed E-state index contributed by atoms with van der Waals surface area (Å²) in [5.41, 5.74) is 3.32. The van der Waals surface area contributed by atoms with Crippen LogP contribution in [0.3, 0.4) is 0 Å². The molecule has 1 rings (SSSR count). The Morgan fingerprint density at radius 1 is 1.35 bits per heavy atom. The van der Waals surface area contributed by atoms with Crippen LogP contribution in [0.2, 0.25) is 0 Å². The van der Waals surface area contributed by atoms with Gasteiger partial charge in [-0.3, -0.25) is 9.48 Å². The second kappa shape index (κ2) is 7.43. The maximum atomic E-state index is 11.7. The second-order valence-corrected chi connectivity index (χ2v) is 5.88. The lowest BCUT2D eigenvalue weighted by Crippen LogP contribution is -2.35. The van der Waals surface area contributed by atoms with Crippen LogP contribution in [0.15, 0.2) is 0 Å². The quantitative estimate of drug-likeness (QED) is 0.797. The first kappa shape index (κ1) is 16.7. The Balaban J connectivity index is 2.64. The van der Waals surface area contributed by atoms with E-state index in [0.717, 1.165) is 23.5 Å². The summed E-state index contributed by atoms with van der Waals surface area (Å²) in [5.74, 6) is 0.525. The van der Waals surface area contributed by atoms with Crippen molar-refractivity contribution in [1.29, 1.82) is 0 Å². The smallest absolute Gasteiger partial charge is 0.220 e. The molecule has 1 atom stereocenters. The molecule has 1 unspecified atom stereocenters. The third kappa shape index (κ3) is 4.63. The van der Waals surface area contributed by atoms with E-state index in [1.54, 1.807) is 6.92 Å². The summed E-state index contributed by atoms with van der Waals surface area (Å²) in [4.78, 5) is 11.7. The largest absolute Gasteiger partial charge is 0.394 e. The standard InChI is InChI=1S/C15H27N3O2/c1-10(2)8-18-13(5)14(12(4)17-18)6-7-15(20)16-11(3)9-19/h10-11,19H,6-9H2,1-5H3,(H,16,20). The maximum absolute atomic E-state index is 11.7. The van der Waals surface area contributed by atoms with Crippen molar-refractivity contribution in [3.63, 3.8) is 0 Å². The minimum Gasteiger partial charge on any atom is -0.394 e. The van der Waals surface area contributed by atoms with Crippen LogP contribution < -0.4 is 5.32 Å². The Hall–Kier alpha value is -1.36. The highest BCUT2D eigenvalue weighted by Crippen LogP contribution is 2.16. The van der Waals surface area contributed by atoms with Crippen molar-refractivity contribution < 1.29 is 9.90 Å². The minimum absolute atomic E-state index is 0.0260. The predicted molar refractivity (Wildman–Crippen MR) is 79.6 cm³/mol. The molecule has 0 bridgehead atoms. The summed E-state index contributed by atoms with van der Waals surface area (Å²) < 4.78 is 2.03. The van der Waals surface area contributed by atoms with Gasteiger partial charge >= 0.3 is 0 Å². The van der Waals surface area contributed by atoms with E-state index in [4.69, 9.17) is 5.11 Å². The lowest BCUT2D eigenvalue weighted by atomic mass is 10.1. The van der Waals surface area contributed by atoms with E-state index in [-0.39, 0.29) is 18.6 Å². The van der Waals surface area contributed by atoms with E-state index in [0.29, 0.717) is 18.8 Å². The number of carbonyl (C=O) groups excluding carboxylic acids is 1. The first-order chi connectivity index (χ1) is 9.35. The first-order valence-corrected chi connectivity index (χ1v) is 7.28. The maximum Gasteiger partial charge on any atom is 0.220 e. The van der Waals surface area contributed by atoms with E-state index >= 15 is 0 Å². The Labute approximate surface area is 121 Å². The van der Waals surface area contributed by atoms with Gasteiger partial charge in [0, 0.05) is 24.7 Å². The lowest BCUT2D eigenvalue weighted by molar-refractivity contribution is -0.121. The van der Waals surface area contributed by atoms with Crippen molar-refractivity contribution in [1.82, 2.24) is 15.1 Å². The second-order valence-electron chi connectivity index (χ2n) is 5.88. The van der Waals surface area contributed by atoms with Gasteiger partial charge in [0.2, 0.25) is 5.91 Å². The molecule has 1 aromatic heterocycles. The Morgan fingerprint density at radius 2 is 2.00 bits per heavy atom. The number of aliphatic hydroxyl groups is 1. The summed E-state index contributed by atoms with van der Waals surface area (Å²) in [5, 5.41) is 16.2. The van der Waals surface area contributed by atoms with Gasteiger partial charge in [0.1, 0.15) is 0 Å². The fourth-order valence-electron chi connectivity index (χ4n) is 2.25. The highest BCUT2D eigenvalue weighted by atomic mass is 16.3. The van der Waals surface area contributed by atoms with Crippen LogP contribution in [0.1, 0.15) is 44.1 Å². The monoisotopic (exact) mass is 281 g/mol. The number of aryl methyl sites for hydroxylation is 1. The van der Waals surface area contributed by atoms with Gasteiger partial charge in [-0.05, 0) is 38.7 Å². The van der Waals surface area contributed by atoms with E-state index < -0.39 is 0 Å². The Bertz CT molecular complexity index is 452. The van der Waals surface area contributed by atoms with Gasteiger partial charge < -0.3 is 10.4 Å². The molecule has 5 nitrogen and oxygen atoms in total. The molecule has 0 aliphatic heterocycles. The molecule has 0 aliphatic rings. The van der Waals surface area contributed by atoms with Crippen molar-refractivity contribution >= 4 is 5.91 Å². The lowest BCUT2D eigenvalue weighted by Gasteiger charge is -2.11. The van der Waals surface area contributed by atoms with Gasteiger partial charge in [0.25, 0.3) is 0 Å². The molecular weight excluding hydrogens is 254 g/mol. The summed E-state index contributed by atoms with van der Waals surface area (Å²) in [7, 11) is 0. The highest BCUT2D eigenvalue weighted by molar-refractivity contribution is 5.76. The molecule has 1 aromatic rings. The minimum atomic E-state index is -0.187. The van der Waals surface area contributed by atoms with E-state index in [2.05, 4.69) is 31.2 Å². The number of aromatic nitrogens is 2. The number of carbonyl (C=O) groups is 1. The van der Waals surface area contributed by atoms with Crippen molar-refractivity contribution in [2.75, 3.05) is 6.61 Å². The molecule has 1 heterocycles. The highest BCUT2D eigenvalue weighted by Gasteiger charge is 2.14. The van der Waals surface area contributed by atoms with Crippen molar-refractivity contribution in [2.24, 2.45) is 5.92 Å². The zero-order valence-electron chi connectivity index (χ0n) is 13.2. The van der Waals surface area contributed by atoms with Gasteiger partial charge in [-0.2, -0.15) is 5.10 Å². The molecule has 20 heavy (non-hydrogen) atoms. The molecule has 0 spiro atoms. The van der Waals surface area contributed by atoms with Crippen molar-refractivity contribution in [3.05, 3.63) is 17.0 Å². The van der Waals surface area contributed by atoms with Crippen molar-refractivity contribution in [3.8, 4) is 0 Å². The van der Waals surface area contributed by atoms with Crippen LogP contribution >= 0.6 is 0 Å². The number of hydrogen-bond acceptors (Lipinski definition) is 3. The summed E-state index contributed by atoms with van der Waals surface area (Å²) >= 11 is 0. The summed E-state index contributed by atoms with van der Waals surface area (Å²) in [6, 6.07) is -0.187. The molecule has 0 radical (unpaired) electrons. The topological polar surface area (TPSA) is 67.2 Å². The van der Waals surface area contributed by atoms with Crippen LogP contribution in [-0.4, -0.2) is 33.4 Å². The van der Waals surface area contributed by atoms with Crippen LogP contribution in [0, 0.1) is 19.8 Å². The van der Waals surface area contributed by atoms with Crippen LogP contribution in [-0.2, 0) is 17.8 Å². The zero-order valence-corrected chi connectivity index (χ0v) is 13.2. The zero-order chi connectivity index (χ0) is 15.3. The average Bonchev–Trinajstić information content (AvgIpc) is 2.61. The van der Waals surface area contributed by atoms with Crippen LogP contribution in [0.5, 0.6) is 0 Å². The van der Waals surface area contributed by atoms with Crippen molar-refractivity contribution in [2.45, 2.75) is 60.0 Å². The van der Waals surface area contributed by atoms with Gasteiger partial charge in [-0.1, -0.05) is 13.8 Å². The Morgan fingerprint density at radius 3 is 2.55 bits per heavy atom. The van der Waals surface area contributed by atoms with Crippen LogP contribution in [0.4, 0.5) is 0 Å². The van der Waals surface area contributed by atoms with E-state index in [9.17, 15) is 4.79 Å². The third-order valence-electron chi connectivity index (χ3n) is 3.35. The average molecular weight is 281 g/mol. The number of hydrogen-bond donors (Lipinski definition) is 2. The molecule has 1 amide bonds. The Kier molecular flexibility index (Phi) is 6.20. The molecule has 0 fully saturated rings. The first-order valence-electron chi connectivity index (χ1n) is 7.28. The summed E-state index contributed by atoms with van der Waals surface area (Å²) in [6.07, 6.45) is 1.12. The molecule has 0 saturated carbocycles. The molecule has 0 saturated heterocycles. The fraction of sp³-hybridized carbons (Fsp3) is 0.733. The normalized spacial score (nSPS) is 12.8. The summed E-state index contributed by atoms with van der Waals surface area (Å²) in [6.45, 7) is 11.0. The molecular formula is C15H27N3O2. The van der Waals surface area contributed by atoms with E-state index in [1.165, 1.54) is 0 Å². The predicted octanol–water partition coefficient (Wildman–Crippen LogP) is 1.59.